The lowest BCUT2D eigenvalue weighted by Crippen LogP contribution is -2.50. The number of carbonyl (C=O) groups excluding carboxylic acids is 1. The van der Waals surface area contributed by atoms with Crippen molar-refractivity contribution in [3.63, 3.8) is 0 Å². The fraction of sp³-hybridized carbons (Fsp3) is 0.833. The van der Waals surface area contributed by atoms with Gasteiger partial charge in [-0.2, -0.15) is 4.37 Å². The molecule has 0 radical (unpaired) electrons. The molecule has 1 unspecified atom stereocenters. The number of likely N-dealkylation sites (tertiary alicyclic amines) is 1. The van der Waals surface area contributed by atoms with E-state index in [9.17, 15) is 4.79 Å². The Morgan fingerprint density at radius 3 is 2.75 bits per heavy atom. The highest BCUT2D eigenvalue weighted by Crippen LogP contribution is 2.41. The molecule has 2 aliphatic heterocycles. The first-order chi connectivity index (χ1) is 11.3. The second-order valence-corrected chi connectivity index (χ2v) is 9.23. The fourth-order valence-corrected chi connectivity index (χ4v) is 4.72. The van der Waals surface area contributed by atoms with Crippen LogP contribution >= 0.6 is 11.5 Å². The number of amides is 1. The molecule has 0 aromatic carbocycles. The molecule has 2 aliphatic rings. The van der Waals surface area contributed by atoms with Gasteiger partial charge in [0.2, 0.25) is 11.0 Å². The largest absolute Gasteiger partial charge is 0.346 e. The Kier molecular flexibility index (Phi) is 4.87. The topological polar surface area (TPSA) is 49.3 Å². The van der Waals surface area contributed by atoms with Gasteiger partial charge < -0.3 is 9.80 Å². The summed E-state index contributed by atoms with van der Waals surface area (Å²) in [7, 11) is 0. The van der Waals surface area contributed by atoms with E-state index in [1.807, 2.05) is 20.8 Å². The van der Waals surface area contributed by atoms with Gasteiger partial charge in [0.15, 0.2) is 0 Å². The van der Waals surface area contributed by atoms with Crippen LogP contribution in [0.4, 0.5) is 5.13 Å². The van der Waals surface area contributed by atoms with Crippen molar-refractivity contribution in [2.75, 3.05) is 31.1 Å². The van der Waals surface area contributed by atoms with Crippen molar-refractivity contribution in [1.29, 1.82) is 0 Å². The minimum atomic E-state index is -0.287. The lowest BCUT2D eigenvalue weighted by atomic mass is 9.78. The minimum Gasteiger partial charge on any atom is -0.346 e. The maximum Gasteiger partial charge on any atom is 0.227 e. The van der Waals surface area contributed by atoms with E-state index in [4.69, 9.17) is 4.98 Å². The van der Waals surface area contributed by atoms with Crippen LogP contribution in [0.25, 0.3) is 0 Å². The van der Waals surface area contributed by atoms with Crippen molar-refractivity contribution < 1.29 is 4.79 Å². The standard InChI is InChI=1S/C18H30N4OS/c1-5-7-14-19-16(24-20-14)22-11-9-18(13-22)8-6-10-21(12-18)15(23)17(2,3)4/h5-13H2,1-4H3. The summed E-state index contributed by atoms with van der Waals surface area (Å²) >= 11 is 1.53. The number of aromatic nitrogens is 2. The molecule has 1 spiro atoms. The summed E-state index contributed by atoms with van der Waals surface area (Å²) in [4.78, 5) is 21.9. The number of hydrogen-bond acceptors (Lipinski definition) is 5. The fourth-order valence-electron chi connectivity index (χ4n) is 3.99. The van der Waals surface area contributed by atoms with Crippen LogP contribution in [-0.4, -0.2) is 46.3 Å². The molecule has 0 aliphatic carbocycles. The Labute approximate surface area is 149 Å². The molecular formula is C18H30N4OS. The Morgan fingerprint density at radius 2 is 2.04 bits per heavy atom. The summed E-state index contributed by atoms with van der Waals surface area (Å²) in [5.41, 5.74) is -0.0408. The van der Waals surface area contributed by atoms with Gasteiger partial charge in [0, 0.05) is 55.0 Å². The Morgan fingerprint density at radius 1 is 1.25 bits per heavy atom. The number of carbonyl (C=O) groups is 1. The molecule has 5 nitrogen and oxygen atoms in total. The highest BCUT2D eigenvalue weighted by Gasteiger charge is 2.44. The molecule has 3 heterocycles. The first-order valence-electron chi connectivity index (χ1n) is 9.20. The highest BCUT2D eigenvalue weighted by molar-refractivity contribution is 7.09. The quantitative estimate of drug-likeness (QED) is 0.839. The van der Waals surface area contributed by atoms with Gasteiger partial charge in [0.25, 0.3) is 0 Å². The van der Waals surface area contributed by atoms with Gasteiger partial charge in [0.05, 0.1) is 0 Å². The molecular weight excluding hydrogens is 320 g/mol. The molecule has 0 saturated carbocycles. The molecule has 0 bridgehead atoms. The van der Waals surface area contributed by atoms with Gasteiger partial charge >= 0.3 is 0 Å². The van der Waals surface area contributed by atoms with Crippen molar-refractivity contribution in [3.05, 3.63) is 5.82 Å². The maximum atomic E-state index is 12.7. The number of aryl methyl sites for hydroxylation is 1. The average Bonchev–Trinajstić information content (AvgIpc) is 3.14. The van der Waals surface area contributed by atoms with E-state index in [0.29, 0.717) is 5.91 Å². The Hall–Kier alpha value is -1.17. The van der Waals surface area contributed by atoms with Gasteiger partial charge in [-0.3, -0.25) is 4.79 Å². The number of anilines is 1. The molecule has 1 aromatic heterocycles. The van der Waals surface area contributed by atoms with Crippen LogP contribution in [0.2, 0.25) is 0 Å². The first kappa shape index (κ1) is 17.6. The zero-order valence-electron chi connectivity index (χ0n) is 15.5. The molecule has 24 heavy (non-hydrogen) atoms. The number of rotatable bonds is 3. The monoisotopic (exact) mass is 350 g/mol. The highest BCUT2D eigenvalue weighted by atomic mass is 32.1. The second-order valence-electron chi connectivity index (χ2n) is 8.49. The zero-order valence-corrected chi connectivity index (χ0v) is 16.3. The summed E-state index contributed by atoms with van der Waals surface area (Å²) in [6, 6.07) is 0. The second kappa shape index (κ2) is 6.62. The van der Waals surface area contributed by atoms with Crippen molar-refractivity contribution >= 4 is 22.6 Å². The molecule has 6 heteroatoms. The third-order valence-corrected chi connectivity index (χ3v) is 6.04. The molecule has 3 rings (SSSR count). The van der Waals surface area contributed by atoms with Crippen LogP contribution < -0.4 is 4.90 Å². The molecule has 2 fully saturated rings. The molecule has 0 N–H and O–H groups in total. The van der Waals surface area contributed by atoms with Crippen LogP contribution in [0.5, 0.6) is 0 Å². The van der Waals surface area contributed by atoms with Crippen LogP contribution in [-0.2, 0) is 11.2 Å². The van der Waals surface area contributed by atoms with Crippen molar-refractivity contribution in [2.24, 2.45) is 10.8 Å². The summed E-state index contributed by atoms with van der Waals surface area (Å²) in [6.07, 6.45) is 5.54. The van der Waals surface area contributed by atoms with E-state index in [1.54, 1.807) is 0 Å². The summed E-state index contributed by atoms with van der Waals surface area (Å²) < 4.78 is 4.48. The number of piperidine rings is 1. The maximum absolute atomic E-state index is 12.7. The summed E-state index contributed by atoms with van der Waals surface area (Å²) in [5.74, 6) is 1.27. The van der Waals surface area contributed by atoms with Gasteiger partial charge in [-0.05, 0) is 25.7 Å². The van der Waals surface area contributed by atoms with Gasteiger partial charge in [-0.1, -0.05) is 27.7 Å². The number of nitrogens with zero attached hydrogens (tertiary/aromatic N) is 4. The third kappa shape index (κ3) is 3.58. The van der Waals surface area contributed by atoms with Crippen LogP contribution in [0.3, 0.4) is 0 Å². The first-order valence-corrected chi connectivity index (χ1v) is 9.97. The Bertz CT molecular complexity index is 594. The number of hydrogen-bond donors (Lipinski definition) is 0. The zero-order chi connectivity index (χ0) is 17.4. The molecule has 1 aromatic rings. The van der Waals surface area contributed by atoms with Crippen LogP contribution in [0, 0.1) is 10.8 Å². The van der Waals surface area contributed by atoms with Crippen molar-refractivity contribution in [3.8, 4) is 0 Å². The van der Waals surface area contributed by atoms with Gasteiger partial charge in [-0.15, -0.1) is 0 Å². The van der Waals surface area contributed by atoms with Gasteiger partial charge in [0.1, 0.15) is 5.82 Å². The smallest absolute Gasteiger partial charge is 0.227 e. The molecule has 134 valence electrons. The Balaban J connectivity index is 1.67. The SMILES string of the molecule is CCCc1nsc(N2CCC3(CCCN(C(=O)C(C)(C)C)C3)C2)n1. The van der Waals surface area contributed by atoms with Crippen LogP contribution in [0.1, 0.15) is 59.2 Å². The molecule has 1 amide bonds. The van der Waals surface area contributed by atoms with E-state index >= 15 is 0 Å². The predicted molar refractivity (Wildman–Crippen MR) is 98.4 cm³/mol. The van der Waals surface area contributed by atoms with Crippen LogP contribution in [0.15, 0.2) is 0 Å². The summed E-state index contributed by atoms with van der Waals surface area (Å²) in [5, 5.41) is 1.06. The van der Waals surface area contributed by atoms with E-state index in [0.717, 1.165) is 62.8 Å². The average molecular weight is 351 g/mol. The molecule has 1 atom stereocenters. The normalized spacial score (nSPS) is 24.8. The lowest BCUT2D eigenvalue weighted by Gasteiger charge is -2.42. The lowest BCUT2D eigenvalue weighted by molar-refractivity contribution is -0.142. The van der Waals surface area contributed by atoms with E-state index in [2.05, 4.69) is 21.1 Å². The van der Waals surface area contributed by atoms with Gasteiger partial charge in [-0.25, -0.2) is 4.98 Å². The van der Waals surface area contributed by atoms with Crippen molar-refractivity contribution in [1.82, 2.24) is 14.3 Å². The van der Waals surface area contributed by atoms with E-state index < -0.39 is 0 Å². The van der Waals surface area contributed by atoms with E-state index in [-0.39, 0.29) is 10.8 Å². The summed E-state index contributed by atoms with van der Waals surface area (Å²) in [6.45, 7) is 12.1. The van der Waals surface area contributed by atoms with Crippen molar-refractivity contribution in [2.45, 2.75) is 59.8 Å². The minimum absolute atomic E-state index is 0.246. The third-order valence-electron chi connectivity index (χ3n) is 5.23. The van der Waals surface area contributed by atoms with E-state index in [1.165, 1.54) is 18.0 Å². The molecule has 2 saturated heterocycles. The predicted octanol–water partition coefficient (Wildman–Crippen LogP) is 3.36.